The van der Waals surface area contributed by atoms with Crippen LogP contribution in [0, 0.1) is 5.92 Å². The Labute approximate surface area is 95.8 Å². The van der Waals surface area contributed by atoms with Gasteiger partial charge in [-0.3, -0.25) is 9.69 Å². The van der Waals surface area contributed by atoms with E-state index in [2.05, 4.69) is 10.2 Å². The van der Waals surface area contributed by atoms with Crippen molar-refractivity contribution < 1.29 is 14.6 Å². The largest absolute Gasteiger partial charge is 0.394 e. The maximum Gasteiger partial charge on any atom is 0.224 e. The lowest BCUT2D eigenvalue weighted by molar-refractivity contribution is -0.124. The Morgan fingerprint density at radius 1 is 1.50 bits per heavy atom. The summed E-state index contributed by atoms with van der Waals surface area (Å²) in [7, 11) is 0. The van der Waals surface area contributed by atoms with Gasteiger partial charge >= 0.3 is 0 Å². The Morgan fingerprint density at radius 3 is 3.19 bits per heavy atom. The first kappa shape index (κ1) is 11.8. The number of carbonyl (C=O) groups excluding carboxylic acids is 1. The van der Waals surface area contributed by atoms with Crippen molar-refractivity contribution >= 4 is 5.91 Å². The summed E-state index contributed by atoms with van der Waals surface area (Å²) in [5, 5.41) is 11.5. The standard InChI is InChI=1S/C11H20N2O3/c14-5-7-16-6-4-13-3-1-2-9-10(13)8-12-11(9)15/h9-10,14H,1-8H2,(H,12,15). The second kappa shape index (κ2) is 5.61. The van der Waals surface area contributed by atoms with Crippen LogP contribution in [0.2, 0.25) is 0 Å². The van der Waals surface area contributed by atoms with E-state index in [0.717, 1.165) is 32.5 Å². The maximum atomic E-state index is 11.5. The van der Waals surface area contributed by atoms with E-state index >= 15 is 0 Å². The predicted octanol–water partition coefficient (Wildman–Crippen LogP) is -0.794. The van der Waals surface area contributed by atoms with E-state index in [9.17, 15) is 4.79 Å². The number of nitrogens with one attached hydrogen (secondary N) is 1. The van der Waals surface area contributed by atoms with E-state index in [1.54, 1.807) is 0 Å². The van der Waals surface area contributed by atoms with Gasteiger partial charge in [0.1, 0.15) is 0 Å². The third-order valence-electron chi connectivity index (χ3n) is 3.47. The Kier molecular flexibility index (Phi) is 4.15. The minimum atomic E-state index is 0.0755. The Bertz CT molecular complexity index is 247. The molecule has 5 nitrogen and oxygen atoms in total. The zero-order valence-electron chi connectivity index (χ0n) is 9.52. The highest BCUT2D eigenvalue weighted by Gasteiger charge is 2.40. The van der Waals surface area contributed by atoms with Gasteiger partial charge in [-0.15, -0.1) is 0 Å². The first-order chi connectivity index (χ1) is 7.83. The first-order valence-electron chi connectivity index (χ1n) is 6.03. The molecule has 0 bridgehead atoms. The Morgan fingerprint density at radius 2 is 2.38 bits per heavy atom. The number of aliphatic hydroxyl groups excluding tert-OH is 1. The highest BCUT2D eigenvalue weighted by molar-refractivity contribution is 5.82. The second-order valence-corrected chi connectivity index (χ2v) is 4.43. The molecule has 5 heteroatoms. The van der Waals surface area contributed by atoms with Crippen molar-refractivity contribution in [2.24, 2.45) is 5.92 Å². The van der Waals surface area contributed by atoms with Crippen molar-refractivity contribution in [3.63, 3.8) is 0 Å². The number of hydrogen-bond acceptors (Lipinski definition) is 4. The summed E-state index contributed by atoms with van der Waals surface area (Å²) in [6, 6.07) is 0.360. The molecule has 0 aliphatic carbocycles. The molecule has 1 amide bonds. The summed E-state index contributed by atoms with van der Waals surface area (Å²) in [5.74, 6) is 0.401. The number of amides is 1. The molecule has 16 heavy (non-hydrogen) atoms. The average molecular weight is 228 g/mol. The summed E-state index contributed by atoms with van der Waals surface area (Å²) in [5.41, 5.74) is 0. The monoisotopic (exact) mass is 228 g/mol. The van der Waals surface area contributed by atoms with Crippen LogP contribution in [0.15, 0.2) is 0 Å². The molecule has 2 heterocycles. The zero-order chi connectivity index (χ0) is 11.4. The molecular weight excluding hydrogens is 208 g/mol. The minimum absolute atomic E-state index is 0.0755. The summed E-state index contributed by atoms with van der Waals surface area (Å²) in [6.07, 6.45) is 2.11. The highest BCUT2D eigenvalue weighted by atomic mass is 16.5. The molecule has 2 fully saturated rings. The van der Waals surface area contributed by atoms with Crippen molar-refractivity contribution in [3.05, 3.63) is 0 Å². The fourth-order valence-electron chi connectivity index (χ4n) is 2.67. The summed E-state index contributed by atoms with van der Waals surface area (Å²) < 4.78 is 5.26. The lowest BCUT2D eigenvalue weighted by Gasteiger charge is -2.35. The lowest BCUT2D eigenvalue weighted by Crippen LogP contribution is -2.46. The molecule has 0 saturated carbocycles. The molecular formula is C11H20N2O3. The summed E-state index contributed by atoms with van der Waals surface area (Å²) in [6.45, 7) is 3.81. The molecule has 0 aromatic heterocycles. The number of rotatable bonds is 5. The maximum absolute atomic E-state index is 11.5. The van der Waals surface area contributed by atoms with Gasteiger partial charge in [-0.1, -0.05) is 0 Å². The van der Waals surface area contributed by atoms with Crippen LogP contribution in [-0.2, 0) is 9.53 Å². The van der Waals surface area contributed by atoms with E-state index in [1.165, 1.54) is 0 Å². The van der Waals surface area contributed by atoms with Gasteiger partial charge in [0.25, 0.3) is 0 Å². The normalized spacial score (nSPS) is 30.2. The fraction of sp³-hybridized carbons (Fsp3) is 0.909. The SMILES string of the molecule is O=C1NCC2C1CCCN2CCOCCO. The molecule has 2 aliphatic rings. The lowest BCUT2D eigenvalue weighted by atomic mass is 9.91. The Hall–Kier alpha value is -0.650. The van der Waals surface area contributed by atoms with Crippen LogP contribution in [0.3, 0.4) is 0 Å². The molecule has 0 spiro atoms. The van der Waals surface area contributed by atoms with Crippen LogP contribution in [0.5, 0.6) is 0 Å². The number of fused-ring (bicyclic) bond motifs is 1. The van der Waals surface area contributed by atoms with Gasteiger partial charge in [0.05, 0.1) is 25.7 Å². The molecule has 2 rings (SSSR count). The second-order valence-electron chi connectivity index (χ2n) is 4.43. The van der Waals surface area contributed by atoms with Gasteiger partial charge in [-0.25, -0.2) is 0 Å². The van der Waals surface area contributed by atoms with Gasteiger partial charge < -0.3 is 15.2 Å². The zero-order valence-corrected chi connectivity index (χ0v) is 9.52. The molecule has 2 unspecified atom stereocenters. The summed E-state index contributed by atoms with van der Waals surface area (Å²) >= 11 is 0. The molecule has 2 N–H and O–H groups in total. The van der Waals surface area contributed by atoms with Crippen LogP contribution in [0.1, 0.15) is 12.8 Å². The fourth-order valence-corrected chi connectivity index (χ4v) is 2.67. The quantitative estimate of drug-likeness (QED) is 0.605. The van der Waals surface area contributed by atoms with E-state index in [-0.39, 0.29) is 18.4 Å². The number of nitrogens with zero attached hydrogens (tertiary/aromatic N) is 1. The molecule has 2 aliphatic heterocycles. The van der Waals surface area contributed by atoms with Gasteiger partial charge in [0.15, 0.2) is 0 Å². The predicted molar refractivity (Wildman–Crippen MR) is 59.0 cm³/mol. The number of carbonyl (C=O) groups is 1. The van der Waals surface area contributed by atoms with E-state index in [1.807, 2.05) is 0 Å². The Balaban J connectivity index is 1.78. The van der Waals surface area contributed by atoms with Crippen LogP contribution in [-0.4, -0.2) is 61.4 Å². The van der Waals surface area contributed by atoms with Crippen LogP contribution in [0.25, 0.3) is 0 Å². The number of piperidine rings is 1. The third-order valence-corrected chi connectivity index (χ3v) is 3.47. The topological polar surface area (TPSA) is 61.8 Å². The average Bonchev–Trinajstić information content (AvgIpc) is 2.68. The van der Waals surface area contributed by atoms with Gasteiger partial charge in [0, 0.05) is 19.1 Å². The third kappa shape index (κ3) is 2.53. The first-order valence-corrected chi connectivity index (χ1v) is 6.03. The number of hydrogen-bond donors (Lipinski definition) is 2. The van der Waals surface area contributed by atoms with Crippen LogP contribution < -0.4 is 5.32 Å². The van der Waals surface area contributed by atoms with E-state index in [0.29, 0.717) is 19.3 Å². The molecule has 0 radical (unpaired) electrons. The molecule has 0 aromatic rings. The highest BCUT2D eigenvalue weighted by Crippen LogP contribution is 2.26. The molecule has 0 aromatic carbocycles. The number of ether oxygens (including phenoxy) is 1. The van der Waals surface area contributed by atoms with Crippen LogP contribution >= 0.6 is 0 Å². The van der Waals surface area contributed by atoms with Crippen molar-refractivity contribution in [1.82, 2.24) is 10.2 Å². The van der Waals surface area contributed by atoms with Crippen LogP contribution in [0.4, 0.5) is 0 Å². The van der Waals surface area contributed by atoms with E-state index < -0.39 is 0 Å². The van der Waals surface area contributed by atoms with Gasteiger partial charge in [-0.2, -0.15) is 0 Å². The molecule has 2 saturated heterocycles. The van der Waals surface area contributed by atoms with Crippen molar-refractivity contribution in [1.29, 1.82) is 0 Å². The van der Waals surface area contributed by atoms with Crippen molar-refractivity contribution in [2.75, 3.05) is 39.5 Å². The van der Waals surface area contributed by atoms with Crippen molar-refractivity contribution in [2.45, 2.75) is 18.9 Å². The number of aliphatic hydroxyl groups is 1. The summed E-state index contributed by atoms with van der Waals surface area (Å²) in [4.78, 5) is 13.9. The van der Waals surface area contributed by atoms with Crippen molar-refractivity contribution in [3.8, 4) is 0 Å². The van der Waals surface area contributed by atoms with Gasteiger partial charge in [0.2, 0.25) is 5.91 Å². The van der Waals surface area contributed by atoms with E-state index in [4.69, 9.17) is 9.84 Å². The molecule has 2 atom stereocenters. The minimum Gasteiger partial charge on any atom is -0.394 e. The smallest absolute Gasteiger partial charge is 0.224 e. The van der Waals surface area contributed by atoms with Gasteiger partial charge in [-0.05, 0) is 19.4 Å². The number of likely N-dealkylation sites (tertiary alicyclic amines) is 1. The molecule has 92 valence electrons.